The number of ether oxygens (including phenoxy) is 1. The highest BCUT2D eigenvalue weighted by Gasteiger charge is 2.35. The smallest absolute Gasteiger partial charge is 0.410 e. The van der Waals surface area contributed by atoms with Gasteiger partial charge in [0, 0.05) is 38.1 Å². The van der Waals surface area contributed by atoms with Gasteiger partial charge in [-0.15, -0.1) is 0 Å². The quantitative estimate of drug-likeness (QED) is 0.796. The Kier molecular flexibility index (Phi) is 3.82. The van der Waals surface area contributed by atoms with Crippen LogP contribution in [0.2, 0.25) is 0 Å². The van der Waals surface area contributed by atoms with Crippen LogP contribution < -0.4 is 5.73 Å². The molecule has 2 aliphatic rings. The van der Waals surface area contributed by atoms with Crippen LogP contribution >= 0.6 is 0 Å². The van der Waals surface area contributed by atoms with E-state index in [1.807, 2.05) is 20.8 Å². The molecule has 5 heteroatoms. The highest BCUT2D eigenvalue weighted by atomic mass is 16.6. The largest absolute Gasteiger partial charge is 0.444 e. The first kappa shape index (κ1) is 13.6. The highest BCUT2D eigenvalue weighted by molar-refractivity contribution is 5.69. The first-order valence-electron chi connectivity index (χ1n) is 6.79. The minimum absolute atomic E-state index is 0.183. The molecule has 5 nitrogen and oxygen atoms in total. The molecular weight excluding hydrogens is 230 g/mol. The third kappa shape index (κ3) is 3.59. The zero-order valence-electron chi connectivity index (χ0n) is 11.7. The van der Waals surface area contributed by atoms with Gasteiger partial charge in [0.1, 0.15) is 5.60 Å². The number of carbonyl (C=O) groups is 1. The van der Waals surface area contributed by atoms with Gasteiger partial charge in [0.25, 0.3) is 0 Å². The zero-order valence-corrected chi connectivity index (χ0v) is 11.7. The molecule has 0 unspecified atom stereocenters. The predicted molar refractivity (Wildman–Crippen MR) is 70.3 cm³/mol. The van der Waals surface area contributed by atoms with Crippen LogP contribution in [-0.2, 0) is 4.74 Å². The molecule has 2 fully saturated rings. The van der Waals surface area contributed by atoms with Crippen molar-refractivity contribution < 1.29 is 9.53 Å². The van der Waals surface area contributed by atoms with Gasteiger partial charge in [0.2, 0.25) is 0 Å². The Labute approximate surface area is 109 Å². The molecule has 2 N–H and O–H groups in total. The summed E-state index contributed by atoms with van der Waals surface area (Å²) in [6.07, 6.45) is 0.916. The van der Waals surface area contributed by atoms with Gasteiger partial charge in [-0.1, -0.05) is 0 Å². The Balaban J connectivity index is 1.66. The van der Waals surface area contributed by atoms with Crippen molar-refractivity contribution >= 4 is 6.09 Å². The fourth-order valence-electron chi connectivity index (χ4n) is 2.55. The fourth-order valence-corrected chi connectivity index (χ4v) is 2.55. The van der Waals surface area contributed by atoms with Crippen LogP contribution in [0.5, 0.6) is 0 Å². The number of amides is 1. The number of nitrogens with zero attached hydrogens (tertiary/aromatic N) is 2. The van der Waals surface area contributed by atoms with Crippen molar-refractivity contribution in [1.82, 2.24) is 9.80 Å². The molecule has 0 bridgehead atoms. The van der Waals surface area contributed by atoms with Crippen LogP contribution in [0.3, 0.4) is 0 Å². The van der Waals surface area contributed by atoms with E-state index in [9.17, 15) is 4.79 Å². The minimum atomic E-state index is -0.399. The van der Waals surface area contributed by atoms with Gasteiger partial charge in [-0.3, -0.25) is 0 Å². The Morgan fingerprint density at radius 3 is 2.50 bits per heavy atom. The van der Waals surface area contributed by atoms with Gasteiger partial charge in [-0.2, -0.15) is 0 Å². The monoisotopic (exact) mass is 255 g/mol. The summed E-state index contributed by atoms with van der Waals surface area (Å²) in [4.78, 5) is 15.9. The Morgan fingerprint density at radius 1 is 1.33 bits per heavy atom. The molecule has 0 saturated carbocycles. The molecule has 0 aromatic rings. The summed E-state index contributed by atoms with van der Waals surface area (Å²) in [6, 6.07) is 0.340. The van der Waals surface area contributed by atoms with Crippen molar-refractivity contribution in [3.05, 3.63) is 0 Å². The molecule has 0 spiro atoms. The van der Waals surface area contributed by atoms with Crippen molar-refractivity contribution in [2.45, 2.75) is 38.8 Å². The van der Waals surface area contributed by atoms with Gasteiger partial charge in [0.05, 0.1) is 0 Å². The van der Waals surface area contributed by atoms with Gasteiger partial charge < -0.3 is 20.3 Å². The van der Waals surface area contributed by atoms with E-state index in [0.29, 0.717) is 12.0 Å². The number of hydrogen-bond acceptors (Lipinski definition) is 4. The van der Waals surface area contributed by atoms with Crippen LogP contribution in [-0.4, -0.2) is 60.3 Å². The van der Waals surface area contributed by atoms with Crippen molar-refractivity contribution in [1.29, 1.82) is 0 Å². The van der Waals surface area contributed by atoms with E-state index < -0.39 is 5.60 Å². The lowest BCUT2D eigenvalue weighted by atomic mass is 10.0. The molecule has 1 amide bonds. The summed E-state index contributed by atoms with van der Waals surface area (Å²) in [5.41, 5.74) is 5.48. The maximum absolute atomic E-state index is 11.7. The van der Waals surface area contributed by atoms with E-state index in [2.05, 4.69) is 4.90 Å². The summed E-state index contributed by atoms with van der Waals surface area (Å²) < 4.78 is 5.33. The topological polar surface area (TPSA) is 58.8 Å². The fraction of sp³-hybridized carbons (Fsp3) is 0.923. The molecule has 0 aromatic carbocycles. The van der Waals surface area contributed by atoms with Crippen molar-refractivity contribution in [2.75, 3.05) is 32.7 Å². The lowest BCUT2D eigenvalue weighted by Gasteiger charge is -2.41. The van der Waals surface area contributed by atoms with Gasteiger partial charge >= 0.3 is 6.09 Å². The maximum Gasteiger partial charge on any atom is 0.410 e. The van der Waals surface area contributed by atoms with Crippen LogP contribution in [0, 0.1) is 5.92 Å². The first-order valence-corrected chi connectivity index (χ1v) is 6.79. The second-order valence-electron chi connectivity index (χ2n) is 6.56. The van der Waals surface area contributed by atoms with Gasteiger partial charge in [0.15, 0.2) is 0 Å². The summed E-state index contributed by atoms with van der Waals surface area (Å²) in [7, 11) is 0. The van der Waals surface area contributed by atoms with Crippen LogP contribution in [0.4, 0.5) is 4.79 Å². The molecule has 2 saturated heterocycles. The van der Waals surface area contributed by atoms with Gasteiger partial charge in [-0.05, 0) is 33.7 Å². The molecule has 0 aromatic heterocycles. The number of hydrogen-bond donors (Lipinski definition) is 1. The van der Waals surface area contributed by atoms with Crippen molar-refractivity contribution in [3.63, 3.8) is 0 Å². The van der Waals surface area contributed by atoms with E-state index in [-0.39, 0.29) is 6.09 Å². The lowest BCUT2D eigenvalue weighted by molar-refractivity contribution is -0.00532. The van der Waals surface area contributed by atoms with Crippen LogP contribution in [0.1, 0.15) is 27.2 Å². The molecule has 1 atom stereocenters. The third-order valence-corrected chi connectivity index (χ3v) is 3.43. The average Bonchev–Trinajstić information content (AvgIpc) is 2.53. The van der Waals surface area contributed by atoms with E-state index in [1.54, 1.807) is 4.90 Å². The Bertz CT molecular complexity index is 308. The molecule has 2 heterocycles. The van der Waals surface area contributed by atoms with Crippen molar-refractivity contribution in [3.8, 4) is 0 Å². The molecule has 2 aliphatic heterocycles. The van der Waals surface area contributed by atoms with E-state index in [4.69, 9.17) is 10.5 Å². The SMILES string of the molecule is CC(C)(C)OC(=O)N1CC(CN2CC[C@@H](N)C2)C1. The Morgan fingerprint density at radius 2 is 2.00 bits per heavy atom. The normalized spacial score (nSPS) is 26.2. The average molecular weight is 255 g/mol. The van der Waals surface area contributed by atoms with Crippen molar-refractivity contribution in [2.24, 2.45) is 11.7 Å². The second kappa shape index (κ2) is 5.05. The number of likely N-dealkylation sites (tertiary alicyclic amines) is 2. The molecule has 18 heavy (non-hydrogen) atoms. The first-order chi connectivity index (χ1) is 8.33. The van der Waals surface area contributed by atoms with E-state index >= 15 is 0 Å². The third-order valence-electron chi connectivity index (χ3n) is 3.43. The van der Waals surface area contributed by atoms with E-state index in [1.165, 1.54) is 0 Å². The number of carbonyl (C=O) groups excluding carboxylic acids is 1. The molecule has 104 valence electrons. The van der Waals surface area contributed by atoms with Crippen LogP contribution in [0.15, 0.2) is 0 Å². The molecule has 2 rings (SSSR count). The summed E-state index contributed by atoms with van der Waals surface area (Å²) >= 11 is 0. The van der Waals surface area contributed by atoms with Gasteiger partial charge in [-0.25, -0.2) is 4.79 Å². The van der Waals surface area contributed by atoms with E-state index in [0.717, 1.165) is 39.1 Å². The van der Waals surface area contributed by atoms with Crippen LogP contribution in [0.25, 0.3) is 0 Å². The standard InChI is InChI=1S/C13H25N3O2/c1-13(2,3)18-12(17)16-7-10(8-16)6-15-5-4-11(14)9-15/h10-11H,4-9,14H2,1-3H3/t11-/m1/s1. The summed E-state index contributed by atoms with van der Waals surface area (Å²) in [5, 5.41) is 0. The predicted octanol–water partition coefficient (Wildman–Crippen LogP) is 0.886. The Hall–Kier alpha value is -0.810. The highest BCUT2D eigenvalue weighted by Crippen LogP contribution is 2.21. The summed E-state index contributed by atoms with van der Waals surface area (Å²) in [5.74, 6) is 0.586. The summed E-state index contributed by atoms with van der Waals surface area (Å²) in [6.45, 7) is 10.5. The molecular formula is C13H25N3O2. The number of rotatable bonds is 2. The molecule has 0 aliphatic carbocycles. The zero-order chi connectivity index (χ0) is 13.3. The molecule has 0 radical (unpaired) electrons. The lowest BCUT2D eigenvalue weighted by Crippen LogP contribution is -2.54. The minimum Gasteiger partial charge on any atom is -0.444 e. The second-order valence-corrected chi connectivity index (χ2v) is 6.56. The number of nitrogens with two attached hydrogens (primary N) is 1. The maximum atomic E-state index is 11.7.